The van der Waals surface area contributed by atoms with Crippen molar-refractivity contribution < 1.29 is 23.8 Å². The number of ether oxygens (including phenoxy) is 3. The first-order valence-corrected chi connectivity index (χ1v) is 9.13. The Labute approximate surface area is 165 Å². The van der Waals surface area contributed by atoms with Crippen LogP contribution in [0.15, 0.2) is 48.5 Å². The molecule has 2 aromatic carbocycles. The largest absolute Gasteiger partial charge is 0.496 e. The molecule has 2 aromatic rings. The third-order valence-corrected chi connectivity index (χ3v) is 3.96. The minimum absolute atomic E-state index is 0.217. The van der Waals surface area contributed by atoms with Gasteiger partial charge in [-0.3, -0.25) is 20.4 Å². The molecule has 2 N–H and O–H groups in total. The summed E-state index contributed by atoms with van der Waals surface area (Å²) >= 11 is 0. The summed E-state index contributed by atoms with van der Waals surface area (Å²) in [5.74, 6) is 1.26. The van der Waals surface area contributed by atoms with Crippen molar-refractivity contribution in [2.45, 2.75) is 32.8 Å². The van der Waals surface area contributed by atoms with Gasteiger partial charge in [-0.2, -0.15) is 0 Å². The van der Waals surface area contributed by atoms with Gasteiger partial charge in [-0.15, -0.1) is 0 Å². The van der Waals surface area contributed by atoms with E-state index in [0.717, 1.165) is 17.1 Å². The van der Waals surface area contributed by atoms with Crippen LogP contribution in [0, 0.1) is 0 Å². The summed E-state index contributed by atoms with van der Waals surface area (Å²) in [6, 6.07) is 14.5. The minimum atomic E-state index is -0.771. The third-order valence-electron chi connectivity index (χ3n) is 3.96. The Kier molecular flexibility index (Phi) is 8.14. The summed E-state index contributed by atoms with van der Waals surface area (Å²) in [5.41, 5.74) is 5.71. The summed E-state index contributed by atoms with van der Waals surface area (Å²) in [7, 11) is 1.59. The minimum Gasteiger partial charge on any atom is -0.496 e. The molecule has 2 amide bonds. The molecular weight excluding hydrogens is 360 g/mol. The van der Waals surface area contributed by atoms with Crippen LogP contribution in [0.2, 0.25) is 0 Å². The van der Waals surface area contributed by atoms with E-state index in [1.54, 1.807) is 38.3 Å². The second kappa shape index (κ2) is 10.8. The number of para-hydroxylation sites is 1. The number of hydrogen-bond donors (Lipinski definition) is 2. The maximum atomic E-state index is 12.1. The molecule has 0 radical (unpaired) electrons. The monoisotopic (exact) mass is 386 g/mol. The van der Waals surface area contributed by atoms with Gasteiger partial charge in [-0.25, -0.2) is 0 Å². The highest BCUT2D eigenvalue weighted by Gasteiger charge is 2.15. The first-order valence-electron chi connectivity index (χ1n) is 9.13. The van der Waals surface area contributed by atoms with Crippen LogP contribution in [0.1, 0.15) is 25.8 Å². The average molecular weight is 386 g/mol. The molecule has 0 fully saturated rings. The van der Waals surface area contributed by atoms with Crippen molar-refractivity contribution >= 4 is 11.8 Å². The van der Waals surface area contributed by atoms with Crippen molar-refractivity contribution in [3.05, 3.63) is 54.1 Å². The molecular formula is C21H26N2O5. The lowest BCUT2D eigenvalue weighted by molar-refractivity contribution is -0.132. The Balaban J connectivity index is 1.75. The zero-order valence-corrected chi connectivity index (χ0v) is 16.4. The number of hydrogen-bond acceptors (Lipinski definition) is 5. The second-order valence-electron chi connectivity index (χ2n) is 6.01. The van der Waals surface area contributed by atoms with E-state index in [4.69, 9.17) is 14.2 Å². The molecule has 28 heavy (non-hydrogen) atoms. The molecule has 0 aliphatic heterocycles. The summed E-state index contributed by atoms with van der Waals surface area (Å²) in [6.45, 7) is 4.09. The highest BCUT2D eigenvalue weighted by Crippen LogP contribution is 2.19. The first-order chi connectivity index (χ1) is 13.5. The van der Waals surface area contributed by atoms with Crippen LogP contribution in [-0.4, -0.2) is 31.6 Å². The van der Waals surface area contributed by atoms with E-state index in [-0.39, 0.29) is 12.3 Å². The van der Waals surface area contributed by atoms with Gasteiger partial charge in [0.25, 0.3) is 5.91 Å². The van der Waals surface area contributed by atoms with Gasteiger partial charge in [-0.1, -0.05) is 18.2 Å². The highest BCUT2D eigenvalue weighted by molar-refractivity contribution is 5.84. The van der Waals surface area contributed by atoms with E-state index in [2.05, 4.69) is 10.9 Å². The maximum Gasteiger partial charge on any atom is 0.279 e. The first kappa shape index (κ1) is 21.1. The predicted octanol–water partition coefficient (Wildman–Crippen LogP) is 2.64. The summed E-state index contributed by atoms with van der Waals surface area (Å²) in [6.07, 6.45) is -0.0499. The number of carbonyl (C=O) groups is 2. The third kappa shape index (κ3) is 6.50. The standard InChI is InChI=1S/C21H26N2O5/c1-4-27-17-10-12-18(13-11-17)28-15(2)21(25)23-22-20(24)14-9-16-7-5-6-8-19(16)26-3/h5-8,10-13,15H,4,9,14H2,1-3H3,(H,22,24)(H,23,25)/t15-/m0/s1. The van der Waals surface area contributed by atoms with Crippen LogP contribution in [0.4, 0.5) is 0 Å². The van der Waals surface area contributed by atoms with Crippen LogP contribution in [0.5, 0.6) is 17.2 Å². The quantitative estimate of drug-likeness (QED) is 0.647. The van der Waals surface area contributed by atoms with Crippen LogP contribution in [-0.2, 0) is 16.0 Å². The number of carbonyl (C=O) groups excluding carboxylic acids is 2. The number of aryl methyl sites for hydroxylation is 1. The SMILES string of the molecule is CCOc1ccc(O[C@@H](C)C(=O)NNC(=O)CCc2ccccc2OC)cc1. The number of amides is 2. The van der Waals surface area contributed by atoms with Crippen LogP contribution >= 0.6 is 0 Å². The normalized spacial score (nSPS) is 11.2. The van der Waals surface area contributed by atoms with Gasteiger partial charge in [0, 0.05) is 6.42 Å². The van der Waals surface area contributed by atoms with Gasteiger partial charge < -0.3 is 14.2 Å². The van der Waals surface area contributed by atoms with Crippen molar-refractivity contribution in [1.82, 2.24) is 10.9 Å². The van der Waals surface area contributed by atoms with Crippen LogP contribution in [0.3, 0.4) is 0 Å². The van der Waals surface area contributed by atoms with Gasteiger partial charge >= 0.3 is 0 Å². The van der Waals surface area contributed by atoms with Gasteiger partial charge in [0.15, 0.2) is 6.10 Å². The summed E-state index contributed by atoms with van der Waals surface area (Å²) < 4.78 is 16.2. The number of hydrazine groups is 1. The van der Waals surface area contributed by atoms with Crippen molar-refractivity contribution in [2.75, 3.05) is 13.7 Å². The Morgan fingerprint density at radius 1 is 1.00 bits per heavy atom. The summed E-state index contributed by atoms with van der Waals surface area (Å²) in [5, 5.41) is 0. The van der Waals surface area contributed by atoms with Gasteiger partial charge in [0.1, 0.15) is 17.2 Å². The molecule has 0 aromatic heterocycles. The molecule has 0 spiro atoms. The summed E-state index contributed by atoms with van der Waals surface area (Å²) in [4.78, 5) is 24.1. The molecule has 0 unspecified atom stereocenters. The molecule has 0 bridgehead atoms. The molecule has 1 atom stereocenters. The smallest absolute Gasteiger partial charge is 0.279 e. The van der Waals surface area contributed by atoms with E-state index in [1.807, 2.05) is 31.2 Å². The Morgan fingerprint density at radius 3 is 2.36 bits per heavy atom. The lowest BCUT2D eigenvalue weighted by Gasteiger charge is -2.15. The molecule has 0 heterocycles. The Morgan fingerprint density at radius 2 is 1.68 bits per heavy atom. The Hall–Kier alpha value is -3.22. The number of methoxy groups -OCH3 is 1. The van der Waals surface area contributed by atoms with Crippen molar-refractivity contribution in [1.29, 1.82) is 0 Å². The maximum absolute atomic E-state index is 12.1. The van der Waals surface area contributed by atoms with Gasteiger partial charge in [0.05, 0.1) is 13.7 Å². The fraction of sp³-hybridized carbons (Fsp3) is 0.333. The molecule has 0 aliphatic carbocycles. The topological polar surface area (TPSA) is 85.9 Å². The van der Waals surface area contributed by atoms with E-state index >= 15 is 0 Å². The molecule has 0 saturated heterocycles. The fourth-order valence-electron chi connectivity index (χ4n) is 2.49. The predicted molar refractivity (Wildman–Crippen MR) is 105 cm³/mol. The van der Waals surface area contributed by atoms with Crippen LogP contribution < -0.4 is 25.1 Å². The molecule has 7 nitrogen and oxygen atoms in total. The number of benzene rings is 2. The molecule has 0 saturated carbocycles. The molecule has 150 valence electrons. The zero-order valence-electron chi connectivity index (χ0n) is 16.4. The van der Waals surface area contributed by atoms with Crippen LogP contribution in [0.25, 0.3) is 0 Å². The highest BCUT2D eigenvalue weighted by atomic mass is 16.5. The zero-order chi connectivity index (χ0) is 20.4. The molecule has 7 heteroatoms. The average Bonchev–Trinajstić information content (AvgIpc) is 2.72. The van der Waals surface area contributed by atoms with E-state index in [9.17, 15) is 9.59 Å². The lowest BCUT2D eigenvalue weighted by Crippen LogP contribution is -2.47. The fourth-order valence-corrected chi connectivity index (χ4v) is 2.49. The second-order valence-corrected chi connectivity index (χ2v) is 6.01. The Bertz CT molecular complexity index is 777. The van der Waals surface area contributed by atoms with E-state index < -0.39 is 12.0 Å². The lowest BCUT2D eigenvalue weighted by atomic mass is 10.1. The molecule has 2 rings (SSSR count). The van der Waals surface area contributed by atoms with Crippen molar-refractivity contribution in [3.63, 3.8) is 0 Å². The van der Waals surface area contributed by atoms with Crippen molar-refractivity contribution in [3.8, 4) is 17.2 Å². The molecule has 0 aliphatic rings. The number of rotatable bonds is 9. The van der Waals surface area contributed by atoms with Gasteiger partial charge in [-0.05, 0) is 56.2 Å². The van der Waals surface area contributed by atoms with Gasteiger partial charge in [0.2, 0.25) is 5.91 Å². The number of nitrogens with one attached hydrogen (secondary N) is 2. The van der Waals surface area contributed by atoms with Crippen molar-refractivity contribution in [2.24, 2.45) is 0 Å². The van der Waals surface area contributed by atoms with E-state index in [1.165, 1.54) is 0 Å². The van der Waals surface area contributed by atoms with E-state index in [0.29, 0.717) is 18.8 Å².